The minimum atomic E-state index is -3.41. The van der Waals surface area contributed by atoms with Gasteiger partial charge in [0.15, 0.2) is 0 Å². The number of rotatable bonds is 6. The van der Waals surface area contributed by atoms with E-state index in [1.54, 1.807) is 11.4 Å². The number of hydrogen-bond acceptors (Lipinski definition) is 4. The number of para-hydroxylation sites is 1. The van der Waals surface area contributed by atoms with Crippen molar-refractivity contribution in [3.8, 4) is 5.75 Å². The van der Waals surface area contributed by atoms with Crippen LogP contribution >= 0.6 is 0 Å². The third-order valence-corrected chi connectivity index (χ3v) is 6.84. The van der Waals surface area contributed by atoms with E-state index in [4.69, 9.17) is 9.47 Å². The first-order chi connectivity index (χ1) is 11.4. The van der Waals surface area contributed by atoms with Gasteiger partial charge in [0, 0.05) is 19.7 Å². The molecular formula is C17H26N2O4S. The molecular weight excluding hydrogens is 328 g/mol. The first kappa shape index (κ1) is 17.7. The second-order valence-electron chi connectivity index (χ2n) is 6.65. The summed E-state index contributed by atoms with van der Waals surface area (Å²) in [6.07, 6.45) is 1.68. The third kappa shape index (κ3) is 3.31. The van der Waals surface area contributed by atoms with E-state index in [0.29, 0.717) is 26.2 Å². The predicted molar refractivity (Wildman–Crippen MR) is 92.4 cm³/mol. The van der Waals surface area contributed by atoms with E-state index in [-0.39, 0.29) is 12.1 Å². The van der Waals surface area contributed by atoms with Crippen LogP contribution in [0.15, 0.2) is 18.2 Å². The molecule has 0 saturated carbocycles. The van der Waals surface area contributed by atoms with Gasteiger partial charge in [-0.1, -0.05) is 18.2 Å². The van der Waals surface area contributed by atoms with Gasteiger partial charge in [-0.2, -0.15) is 17.0 Å². The van der Waals surface area contributed by atoms with Crippen LogP contribution in [0.2, 0.25) is 0 Å². The molecule has 2 aliphatic heterocycles. The van der Waals surface area contributed by atoms with Gasteiger partial charge in [0.2, 0.25) is 0 Å². The molecule has 2 fully saturated rings. The topological polar surface area (TPSA) is 59.1 Å². The highest BCUT2D eigenvalue weighted by Crippen LogP contribution is 2.30. The Morgan fingerprint density at radius 1 is 1.21 bits per heavy atom. The Balaban J connectivity index is 1.61. The van der Waals surface area contributed by atoms with Gasteiger partial charge in [-0.25, -0.2) is 0 Å². The van der Waals surface area contributed by atoms with Crippen molar-refractivity contribution >= 4 is 10.2 Å². The summed E-state index contributed by atoms with van der Waals surface area (Å²) in [6.45, 7) is 5.87. The van der Waals surface area contributed by atoms with Crippen LogP contribution in [-0.2, 0) is 14.9 Å². The normalized spacial score (nSPS) is 23.4. The fraction of sp³-hybridized carbons (Fsp3) is 0.647. The van der Waals surface area contributed by atoms with E-state index in [1.165, 1.54) is 4.31 Å². The lowest BCUT2D eigenvalue weighted by Crippen LogP contribution is -2.60. The van der Waals surface area contributed by atoms with Crippen LogP contribution in [0.1, 0.15) is 24.0 Å². The van der Waals surface area contributed by atoms with E-state index >= 15 is 0 Å². The Morgan fingerprint density at radius 3 is 2.50 bits per heavy atom. The fourth-order valence-electron chi connectivity index (χ4n) is 3.44. The molecule has 6 nitrogen and oxygen atoms in total. The van der Waals surface area contributed by atoms with E-state index in [0.717, 1.165) is 29.7 Å². The van der Waals surface area contributed by atoms with Gasteiger partial charge in [-0.05, 0) is 37.8 Å². The van der Waals surface area contributed by atoms with Crippen LogP contribution in [0.25, 0.3) is 0 Å². The molecule has 2 heterocycles. The Bertz CT molecular complexity index is 666. The summed E-state index contributed by atoms with van der Waals surface area (Å²) in [5.74, 6) is 0.873. The van der Waals surface area contributed by atoms with Crippen molar-refractivity contribution < 1.29 is 17.9 Å². The summed E-state index contributed by atoms with van der Waals surface area (Å²) < 4.78 is 39.8. The fourth-order valence-corrected chi connectivity index (χ4v) is 5.34. The van der Waals surface area contributed by atoms with Crippen LogP contribution < -0.4 is 4.74 Å². The van der Waals surface area contributed by atoms with Crippen molar-refractivity contribution in [3.63, 3.8) is 0 Å². The molecule has 0 radical (unpaired) electrons. The zero-order chi connectivity index (χ0) is 17.3. The van der Waals surface area contributed by atoms with Gasteiger partial charge in [-0.15, -0.1) is 0 Å². The summed E-state index contributed by atoms with van der Waals surface area (Å²) in [5, 5.41) is 0. The Labute approximate surface area is 144 Å². The van der Waals surface area contributed by atoms with E-state index in [1.807, 2.05) is 32.0 Å². The second-order valence-corrected chi connectivity index (χ2v) is 8.53. The number of hydrogen-bond donors (Lipinski definition) is 0. The van der Waals surface area contributed by atoms with Crippen LogP contribution in [-0.4, -0.2) is 62.5 Å². The number of nitrogens with zero attached hydrogens (tertiary/aromatic N) is 2. The Kier molecular flexibility index (Phi) is 5.15. The predicted octanol–water partition coefficient (Wildman–Crippen LogP) is 1.72. The van der Waals surface area contributed by atoms with Crippen LogP contribution in [0, 0.1) is 13.8 Å². The lowest BCUT2D eigenvalue weighted by Gasteiger charge is -2.41. The van der Waals surface area contributed by atoms with Crippen molar-refractivity contribution in [1.29, 1.82) is 0 Å². The average Bonchev–Trinajstić information content (AvgIpc) is 2.94. The number of ether oxygens (including phenoxy) is 2. The average molecular weight is 354 g/mol. The SMILES string of the molecule is COCC1CCCN1S(=O)(=O)N1CC(Oc2c(C)cccc2C)C1. The smallest absolute Gasteiger partial charge is 0.282 e. The third-order valence-electron chi connectivity index (χ3n) is 4.81. The van der Waals surface area contributed by atoms with Gasteiger partial charge in [0.05, 0.1) is 19.7 Å². The quantitative estimate of drug-likeness (QED) is 0.781. The summed E-state index contributed by atoms with van der Waals surface area (Å²) in [5.41, 5.74) is 2.16. The highest BCUT2D eigenvalue weighted by molar-refractivity contribution is 7.86. The molecule has 0 aliphatic carbocycles. The Morgan fingerprint density at radius 2 is 1.88 bits per heavy atom. The van der Waals surface area contributed by atoms with Gasteiger partial charge in [0.1, 0.15) is 11.9 Å². The maximum atomic E-state index is 12.8. The highest BCUT2D eigenvalue weighted by Gasteiger charge is 2.44. The molecule has 0 bridgehead atoms. The van der Waals surface area contributed by atoms with Crippen molar-refractivity contribution in [2.24, 2.45) is 0 Å². The maximum absolute atomic E-state index is 12.8. The molecule has 134 valence electrons. The van der Waals surface area contributed by atoms with Gasteiger partial charge < -0.3 is 9.47 Å². The first-order valence-corrected chi connectivity index (χ1v) is 9.82. The van der Waals surface area contributed by atoms with E-state index < -0.39 is 10.2 Å². The first-order valence-electron chi connectivity index (χ1n) is 8.42. The lowest BCUT2D eigenvalue weighted by atomic mass is 10.1. The highest BCUT2D eigenvalue weighted by atomic mass is 32.2. The van der Waals surface area contributed by atoms with Gasteiger partial charge in [-0.3, -0.25) is 0 Å². The number of aryl methyl sites for hydroxylation is 2. The monoisotopic (exact) mass is 354 g/mol. The second kappa shape index (κ2) is 7.00. The molecule has 0 N–H and O–H groups in total. The molecule has 2 aliphatic rings. The van der Waals surface area contributed by atoms with Crippen molar-refractivity contribution in [2.75, 3.05) is 33.4 Å². The molecule has 1 aromatic rings. The van der Waals surface area contributed by atoms with Crippen LogP contribution in [0.3, 0.4) is 0 Å². The summed E-state index contributed by atoms with van der Waals surface area (Å²) >= 11 is 0. The number of benzene rings is 1. The molecule has 7 heteroatoms. The molecule has 1 atom stereocenters. The molecule has 1 aromatic carbocycles. The number of methoxy groups -OCH3 is 1. The van der Waals surface area contributed by atoms with E-state index in [9.17, 15) is 8.42 Å². The van der Waals surface area contributed by atoms with Gasteiger partial charge >= 0.3 is 0 Å². The summed E-state index contributed by atoms with van der Waals surface area (Å²) in [7, 11) is -1.80. The van der Waals surface area contributed by atoms with Crippen LogP contribution in [0.4, 0.5) is 0 Å². The van der Waals surface area contributed by atoms with Crippen molar-refractivity contribution in [3.05, 3.63) is 29.3 Å². The molecule has 1 unspecified atom stereocenters. The molecule has 24 heavy (non-hydrogen) atoms. The maximum Gasteiger partial charge on any atom is 0.282 e. The summed E-state index contributed by atoms with van der Waals surface area (Å²) in [6, 6.07) is 5.97. The zero-order valence-electron chi connectivity index (χ0n) is 14.6. The molecule has 3 rings (SSSR count). The molecule has 0 aromatic heterocycles. The largest absolute Gasteiger partial charge is 0.487 e. The minimum absolute atomic E-state index is 0.0430. The van der Waals surface area contributed by atoms with Crippen LogP contribution in [0.5, 0.6) is 5.75 Å². The summed E-state index contributed by atoms with van der Waals surface area (Å²) in [4.78, 5) is 0. The molecule has 2 saturated heterocycles. The zero-order valence-corrected chi connectivity index (χ0v) is 15.4. The van der Waals surface area contributed by atoms with Crippen molar-refractivity contribution in [2.45, 2.75) is 38.8 Å². The lowest BCUT2D eigenvalue weighted by molar-refractivity contribution is 0.0672. The van der Waals surface area contributed by atoms with Crippen molar-refractivity contribution in [1.82, 2.24) is 8.61 Å². The standard InChI is InChI=1S/C17H26N2O4S/c1-13-6-4-7-14(2)17(13)23-16-10-18(11-16)24(20,21)19-9-5-8-15(19)12-22-3/h4,6-7,15-16H,5,8-12H2,1-3H3. The Hall–Kier alpha value is -1.15. The van der Waals surface area contributed by atoms with E-state index in [2.05, 4.69) is 0 Å². The molecule has 0 spiro atoms. The minimum Gasteiger partial charge on any atom is -0.487 e. The van der Waals surface area contributed by atoms with Gasteiger partial charge in [0.25, 0.3) is 10.2 Å². The molecule has 0 amide bonds.